The van der Waals surface area contributed by atoms with Crippen molar-refractivity contribution in [3.8, 4) is 0 Å². The highest BCUT2D eigenvalue weighted by molar-refractivity contribution is 7.89. The Labute approximate surface area is 247 Å². The number of para-hydroxylation sites is 1. The molecule has 1 heterocycles. The molecular formula is C28H33ClF3N5O4S. The van der Waals surface area contributed by atoms with Crippen molar-refractivity contribution >= 4 is 50.3 Å². The SMILES string of the molecule is O=C(O)C(F)(F)F.O=S(=O)(NCC1CCC(CNc2nc(NCC3CC3)c3ccccc3n2)CC1)c1cccc(Cl)c1. The number of nitrogens with one attached hydrogen (secondary N) is 3. The topological polar surface area (TPSA) is 133 Å². The van der Waals surface area contributed by atoms with Crippen LogP contribution in [-0.4, -0.2) is 55.3 Å². The molecule has 2 aliphatic carbocycles. The fraction of sp³-hybridized carbons (Fsp3) is 0.464. The number of aromatic nitrogens is 2. The van der Waals surface area contributed by atoms with E-state index in [9.17, 15) is 21.6 Å². The van der Waals surface area contributed by atoms with E-state index in [-0.39, 0.29) is 4.90 Å². The van der Waals surface area contributed by atoms with E-state index in [0.29, 0.717) is 29.4 Å². The molecule has 2 saturated carbocycles. The standard InChI is InChI=1S/C26H32ClN5O2S.C2HF3O2/c27-21-4-3-5-22(14-21)35(33,34)30-17-20-12-10-19(11-13-20)16-29-26-31-24-7-2-1-6-23(24)25(32-26)28-15-18-8-9-18;3-2(4,5)1(6)7/h1-7,14,18-20,30H,8-13,15-17H2,(H2,28,29,31,32);(H,6,7). The number of fused-ring (bicyclic) bond motifs is 1. The van der Waals surface area contributed by atoms with Crippen molar-refractivity contribution in [3.05, 3.63) is 53.6 Å². The van der Waals surface area contributed by atoms with E-state index in [1.165, 1.54) is 18.9 Å². The highest BCUT2D eigenvalue weighted by Crippen LogP contribution is 2.31. The van der Waals surface area contributed by atoms with E-state index < -0.39 is 22.2 Å². The molecule has 0 unspecified atom stereocenters. The normalized spacial score (nSPS) is 19.0. The predicted molar refractivity (Wildman–Crippen MR) is 155 cm³/mol. The van der Waals surface area contributed by atoms with Crippen LogP contribution in [-0.2, 0) is 14.8 Å². The van der Waals surface area contributed by atoms with Crippen molar-refractivity contribution in [1.82, 2.24) is 14.7 Å². The molecule has 42 heavy (non-hydrogen) atoms. The largest absolute Gasteiger partial charge is 0.490 e. The van der Waals surface area contributed by atoms with Gasteiger partial charge in [0.15, 0.2) is 0 Å². The van der Waals surface area contributed by atoms with Crippen LogP contribution in [0, 0.1) is 17.8 Å². The van der Waals surface area contributed by atoms with Crippen LogP contribution in [0.5, 0.6) is 0 Å². The first-order chi connectivity index (χ1) is 19.9. The van der Waals surface area contributed by atoms with E-state index in [2.05, 4.69) is 21.4 Å². The first kappa shape index (κ1) is 31.8. The molecule has 0 saturated heterocycles. The Morgan fingerprint density at radius 2 is 1.45 bits per heavy atom. The fourth-order valence-corrected chi connectivity index (χ4v) is 6.09. The van der Waals surface area contributed by atoms with Crippen LogP contribution in [0.1, 0.15) is 38.5 Å². The second kappa shape index (κ2) is 13.9. The summed E-state index contributed by atoms with van der Waals surface area (Å²) in [5, 5.41) is 15.6. The summed E-state index contributed by atoms with van der Waals surface area (Å²) in [5.41, 5.74) is 0.944. The van der Waals surface area contributed by atoms with Gasteiger partial charge in [-0.1, -0.05) is 29.8 Å². The molecule has 4 N–H and O–H groups in total. The Morgan fingerprint density at radius 1 is 0.881 bits per heavy atom. The van der Waals surface area contributed by atoms with Gasteiger partial charge in [0, 0.05) is 30.0 Å². The maximum Gasteiger partial charge on any atom is 0.490 e. The van der Waals surface area contributed by atoms with Crippen LogP contribution in [0.3, 0.4) is 0 Å². The molecule has 14 heteroatoms. The summed E-state index contributed by atoms with van der Waals surface area (Å²) >= 11 is 5.95. The van der Waals surface area contributed by atoms with Gasteiger partial charge in [0.2, 0.25) is 16.0 Å². The number of hydrogen-bond donors (Lipinski definition) is 4. The van der Waals surface area contributed by atoms with Crippen molar-refractivity contribution in [2.75, 3.05) is 30.3 Å². The Hall–Kier alpha value is -3.16. The quantitative estimate of drug-likeness (QED) is 0.217. The summed E-state index contributed by atoms with van der Waals surface area (Å²) in [4.78, 5) is 18.6. The second-order valence-corrected chi connectivity index (χ2v) is 12.8. The van der Waals surface area contributed by atoms with Crippen molar-refractivity contribution in [3.63, 3.8) is 0 Å². The number of rotatable bonds is 10. The highest BCUT2D eigenvalue weighted by Gasteiger charge is 2.38. The number of carboxylic acids is 1. The van der Waals surface area contributed by atoms with E-state index in [0.717, 1.165) is 61.4 Å². The molecule has 0 spiro atoms. The lowest BCUT2D eigenvalue weighted by Crippen LogP contribution is -2.32. The molecule has 2 aromatic carbocycles. The number of halogens is 4. The highest BCUT2D eigenvalue weighted by atomic mass is 35.5. The van der Waals surface area contributed by atoms with Crippen LogP contribution in [0.2, 0.25) is 5.02 Å². The van der Waals surface area contributed by atoms with Gasteiger partial charge in [-0.25, -0.2) is 22.9 Å². The molecule has 9 nitrogen and oxygen atoms in total. The first-order valence-electron chi connectivity index (χ1n) is 13.7. The van der Waals surface area contributed by atoms with Gasteiger partial charge >= 0.3 is 12.1 Å². The predicted octanol–water partition coefficient (Wildman–Crippen LogP) is 5.94. The van der Waals surface area contributed by atoms with Crippen LogP contribution >= 0.6 is 11.6 Å². The summed E-state index contributed by atoms with van der Waals surface area (Å²) in [6.07, 6.45) is 1.61. The van der Waals surface area contributed by atoms with E-state index >= 15 is 0 Å². The zero-order chi connectivity index (χ0) is 30.3. The number of sulfonamides is 1. The third-order valence-corrected chi connectivity index (χ3v) is 8.94. The molecule has 1 aromatic heterocycles. The van der Waals surface area contributed by atoms with Crippen LogP contribution < -0.4 is 15.4 Å². The summed E-state index contributed by atoms with van der Waals surface area (Å²) < 4.78 is 59.6. The number of benzene rings is 2. The van der Waals surface area contributed by atoms with Gasteiger partial charge < -0.3 is 15.7 Å². The zero-order valence-electron chi connectivity index (χ0n) is 22.7. The molecule has 0 bridgehead atoms. The number of alkyl halides is 3. The number of carboxylic acid groups (broad SMARTS) is 1. The molecule has 2 aliphatic rings. The van der Waals surface area contributed by atoms with Gasteiger partial charge in [0.1, 0.15) is 5.82 Å². The minimum Gasteiger partial charge on any atom is -0.475 e. The molecule has 228 valence electrons. The monoisotopic (exact) mass is 627 g/mol. The van der Waals surface area contributed by atoms with Gasteiger partial charge in [0.05, 0.1) is 10.4 Å². The van der Waals surface area contributed by atoms with Crippen molar-refractivity contribution in [1.29, 1.82) is 0 Å². The number of anilines is 2. The summed E-state index contributed by atoms with van der Waals surface area (Å²) in [6, 6.07) is 14.5. The van der Waals surface area contributed by atoms with E-state index in [1.807, 2.05) is 18.2 Å². The molecule has 0 aliphatic heterocycles. The molecule has 0 atom stereocenters. The van der Waals surface area contributed by atoms with Gasteiger partial charge in [-0.05, 0) is 86.6 Å². The van der Waals surface area contributed by atoms with Crippen LogP contribution in [0.15, 0.2) is 53.4 Å². The third-order valence-electron chi connectivity index (χ3n) is 7.28. The molecule has 3 aromatic rings. The minimum absolute atomic E-state index is 0.212. The molecule has 0 radical (unpaired) electrons. The smallest absolute Gasteiger partial charge is 0.475 e. The third kappa shape index (κ3) is 9.43. The van der Waals surface area contributed by atoms with Crippen LogP contribution in [0.4, 0.5) is 24.9 Å². The maximum absolute atomic E-state index is 12.6. The van der Waals surface area contributed by atoms with Crippen molar-refractivity contribution in [2.24, 2.45) is 17.8 Å². The lowest BCUT2D eigenvalue weighted by Gasteiger charge is -2.28. The Balaban J connectivity index is 0.000000517. The fourth-order valence-electron chi connectivity index (χ4n) is 4.67. The molecule has 2 fully saturated rings. The number of hydrogen-bond acceptors (Lipinski definition) is 7. The van der Waals surface area contributed by atoms with Gasteiger partial charge in [-0.3, -0.25) is 0 Å². The van der Waals surface area contributed by atoms with Gasteiger partial charge in [-0.2, -0.15) is 18.2 Å². The maximum atomic E-state index is 12.6. The average Bonchev–Trinajstić information content (AvgIpc) is 3.79. The average molecular weight is 628 g/mol. The molecular weight excluding hydrogens is 595 g/mol. The Morgan fingerprint density at radius 3 is 2.05 bits per heavy atom. The number of nitrogens with zero attached hydrogens (tertiary/aromatic N) is 2. The molecule has 5 rings (SSSR count). The zero-order valence-corrected chi connectivity index (χ0v) is 24.3. The minimum atomic E-state index is -5.08. The Bertz CT molecular complexity index is 1480. The second-order valence-electron chi connectivity index (χ2n) is 10.6. The lowest BCUT2D eigenvalue weighted by molar-refractivity contribution is -0.192. The van der Waals surface area contributed by atoms with Gasteiger partial charge in [-0.15, -0.1) is 0 Å². The first-order valence-corrected chi connectivity index (χ1v) is 15.6. The summed E-state index contributed by atoms with van der Waals surface area (Å²) in [6.45, 7) is 2.24. The summed E-state index contributed by atoms with van der Waals surface area (Å²) in [5.74, 6) is 0.445. The van der Waals surface area contributed by atoms with E-state index in [1.54, 1.807) is 18.2 Å². The molecule has 0 amide bonds. The Kier molecular flexibility index (Phi) is 10.5. The van der Waals surface area contributed by atoms with E-state index in [4.69, 9.17) is 31.5 Å². The summed E-state index contributed by atoms with van der Waals surface area (Å²) in [7, 11) is -3.54. The number of aliphatic carboxylic acids is 1. The van der Waals surface area contributed by atoms with Crippen molar-refractivity contribution < 1.29 is 31.5 Å². The van der Waals surface area contributed by atoms with Crippen LogP contribution in [0.25, 0.3) is 10.9 Å². The number of carbonyl (C=O) groups is 1. The van der Waals surface area contributed by atoms with Crippen molar-refractivity contribution in [2.45, 2.75) is 49.6 Å². The lowest BCUT2D eigenvalue weighted by atomic mass is 9.82. The van der Waals surface area contributed by atoms with Gasteiger partial charge in [0.25, 0.3) is 0 Å².